The van der Waals surface area contributed by atoms with Crippen molar-refractivity contribution in [3.63, 3.8) is 0 Å². The van der Waals surface area contributed by atoms with E-state index >= 15 is 0 Å². The highest BCUT2D eigenvalue weighted by Gasteiger charge is 2.51. The highest BCUT2D eigenvalue weighted by atomic mass is 28.3. The molecule has 1 saturated carbocycles. The summed E-state index contributed by atoms with van der Waals surface area (Å²) in [5, 5.41) is 2.90. The summed E-state index contributed by atoms with van der Waals surface area (Å²) in [5.41, 5.74) is 1.23. The van der Waals surface area contributed by atoms with Crippen molar-refractivity contribution in [1.29, 1.82) is 0 Å². The summed E-state index contributed by atoms with van der Waals surface area (Å²) in [5.74, 6) is 1.34. The van der Waals surface area contributed by atoms with E-state index < -0.39 is 8.07 Å². The van der Waals surface area contributed by atoms with Crippen molar-refractivity contribution in [1.82, 2.24) is 0 Å². The molecule has 2 saturated heterocycles. The van der Waals surface area contributed by atoms with Crippen LogP contribution >= 0.6 is 0 Å². The average molecular weight is 609 g/mol. The Morgan fingerprint density at radius 3 is 2.37 bits per heavy atom. The van der Waals surface area contributed by atoms with E-state index in [2.05, 4.69) is 70.3 Å². The molecule has 5 nitrogen and oxygen atoms in total. The molecule has 0 spiro atoms. The van der Waals surface area contributed by atoms with Crippen LogP contribution in [0, 0.1) is 23.2 Å². The molecule has 2 aliphatic carbocycles. The zero-order valence-electron chi connectivity index (χ0n) is 27.4. The zero-order chi connectivity index (χ0) is 30.5. The van der Waals surface area contributed by atoms with E-state index in [0.717, 1.165) is 77.4 Å². The van der Waals surface area contributed by atoms with Crippen molar-refractivity contribution in [3.05, 3.63) is 53.3 Å². The summed E-state index contributed by atoms with van der Waals surface area (Å²) >= 11 is 0. The number of hydrogen-bond donors (Lipinski definition) is 0. The van der Waals surface area contributed by atoms with Gasteiger partial charge in [0.1, 0.15) is 8.07 Å². The molecular weight excluding hydrogens is 552 g/mol. The third-order valence-electron chi connectivity index (χ3n) is 11.0. The molecule has 0 N–H and O–H groups in total. The Kier molecular flexibility index (Phi) is 11.2. The Balaban J connectivity index is 1.34. The third kappa shape index (κ3) is 7.81. The molecule has 6 heteroatoms. The fourth-order valence-corrected chi connectivity index (χ4v) is 10.9. The summed E-state index contributed by atoms with van der Waals surface area (Å²) in [6.07, 6.45) is 15.4. The van der Waals surface area contributed by atoms with Gasteiger partial charge in [0.2, 0.25) is 0 Å². The Labute approximate surface area is 261 Å². The smallest absolute Gasteiger partial charge is 0.159 e. The van der Waals surface area contributed by atoms with Crippen molar-refractivity contribution in [3.8, 4) is 0 Å². The number of carbonyl (C=O) groups is 1. The number of ether oxygens (including phenoxy) is 4. The van der Waals surface area contributed by atoms with Crippen molar-refractivity contribution in [2.75, 3.05) is 19.8 Å². The van der Waals surface area contributed by atoms with E-state index in [1.807, 2.05) is 6.08 Å². The molecule has 1 aromatic rings. The second-order valence-electron chi connectivity index (χ2n) is 14.5. The molecule has 5 rings (SSSR count). The van der Waals surface area contributed by atoms with Gasteiger partial charge >= 0.3 is 0 Å². The van der Waals surface area contributed by atoms with E-state index in [0.29, 0.717) is 18.4 Å². The summed E-state index contributed by atoms with van der Waals surface area (Å²) in [6, 6.07) is 10.9. The topological polar surface area (TPSA) is 54.0 Å². The highest BCUT2D eigenvalue weighted by Crippen LogP contribution is 2.56. The van der Waals surface area contributed by atoms with Crippen LogP contribution in [0.2, 0.25) is 13.1 Å². The van der Waals surface area contributed by atoms with Gasteiger partial charge in [-0.3, -0.25) is 4.79 Å². The first-order valence-corrected chi connectivity index (χ1v) is 20.2. The van der Waals surface area contributed by atoms with Crippen molar-refractivity contribution in [2.45, 2.75) is 123 Å². The molecule has 0 bridgehead atoms. The minimum absolute atomic E-state index is 0.00362. The van der Waals surface area contributed by atoms with Gasteiger partial charge in [0.15, 0.2) is 18.4 Å². The Morgan fingerprint density at radius 2 is 1.72 bits per heavy atom. The second-order valence-corrected chi connectivity index (χ2v) is 19.0. The van der Waals surface area contributed by atoms with Gasteiger partial charge in [0.25, 0.3) is 0 Å². The Hall–Kier alpha value is -1.57. The standard InChI is InChI=1S/C37H56O5Si/c1-27(2)31-26-34(42-36-16-10-12-23-40-36)32-25-33(38)28(19-21-37(31,32)3)17-18-30(20-24-41-35-15-9-11-22-39-35)43(4,5)29-13-7-6-8-14-29/h6-8,13-14,18,25,27-28,31,34-36H,9-12,15-17,19-24,26H2,1-5H3/b30-18+/t28?,31-,34+,35?,36?,37-/m1/s1. The minimum atomic E-state index is -1.93. The number of fused-ring (bicyclic) bond motifs is 1. The number of allylic oxidation sites excluding steroid dienone is 2. The quantitative estimate of drug-likeness (QED) is 0.239. The van der Waals surface area contributed by atoms with Crippen LogP contribution in [0.1, 0.15) is 91.4 Å². The first kappa shape index (κ1) is 32.8. The molecule has 0 amide bonds. The molecule has 3 fully saturated rings. The van der Waals surface area contributed by atoms with Crippen LogP contribution in [0.5, 0.6) is 0 Å². The molecule has 43 heavy (non-hydrogen) atoms. The van der Waals surface area contributed by atoms with Crippen LogP contribution in [0.4, 0.5) is 0 Å². The predicted molar refractivity (Wildman–Crippen MR) is 176 cm³/mol. The largest absolute Gasteiger partial charge is 0.353 e. The van der Waals surface area contributed by atoms with Gasteiger partial charge < -0.3 is 18.9 Å². The van der Waals surface area contributed by atoms with Crippen LogP contribution in [0.3, 0.4) is 0 Å². The van der Waals surface area contributed by atoms with Crippen molar-refractivity contribution in [2.24, 2.45) is 23.2 Å². The predicted octanol–water partition coefficient (Wildman–Crippen LogP) is 7.89. The molecule has 238 valence electrons. The lowest BCUT2D eigenvalue weighted by Gasteiger charge is -2.35. The maximum absolute atomic E-state index is 13.9. The molecule has 4 aliphatic rings. The number of rotatable bonds is 11. The van der Waals surface area contributed by atoms with E-state index in [1.54, 1.807) is 0 Å². The van der Waals surface area contributed by atoms with Gasteiger partial charge in [-0.05, 0) is 99.5 Å². The summed E-state index contributed by atoms with van der Waals surface area (Å²) in [6.45, 7) is 14.2. The second kappa shape index (κ2) is 14.7. The number of carbonyl (C=O) groups excluding carboxylic acids is 1. The number of benzene rings is 1. The molecule has 3 unspecified atom stereocenters. The summed E-state index contributed by atoms with van der Waals surface area (Å²) in [4.78, 5) is 13.9. The van der Waals surface area contributed by atoms with Gasteiger partial charge in [0, 0.05) is 19.1 Å². The number of ketones is 1. The van der Waals surface area contributed by atoms with Crippen LogP contribution in [0.15, 0.2) is 53.3 Å². The molecular formula is C37H56O5Si. The molecule has 2 heterocycles. The normalized spacial score (nSPS) is 32.4. The molecule has 1 aromatic carbocycles. The zero-order valence-corrected chi connectivity index (χ0v) is 28.4. The van der Waals surface area contributed by atoms with Crippen molar-refractivity contribution < 1.29 is 23.7 Å². The fraction of sp³-hybridized carbons (Fsp3) is 0.703. The molecule has 0 radical (unpaired) electrons. The van der Waals surface area contributed by atoms with Gasteiger partial charge in [-0.2, -0.15) is 0 Å². The maximum Gasteiger partial charge on any atom is 0.159 e. The van der Waals surface area contributed by atoms with E-state index in [9.17, 15) is 4.79 Å². The minimum Gasteiger partial charge on any atom is -0.353 e. The summed E-state index contributed by atoms with van der Waals surface area (Å²) in [7, 11) is -1.93. The first-order valence-electron chi connectivity index (χ1n) is 17.2. The Bertz CT molecular complexity index is 1120. The lowest BCUT2D eigenvalue weighted by atomic mass is 9.69. The highest BCUT2D eigenvalue weighted by molar-refractivity contribution is 6.95. The van der Waals surface area contributed by atoms with Crippen LogP contribution in [0.25, 0.3) is 0 Å². The number of hydrogen-bond acceptors (Lipinski definition) is 5. The van der Waals surface area contributed by atoms with Crippen LogP contribution < -0.4 is 5.19 Å². The molecule has 2 aliphatic heterocycles. The lowest BCUT2D eigenvalue weighted by Crippen LogP contribution is -2.44. The van der Waals surface area contributed by atoms with Crippen molar-refractivity contribution >= 4 is 19.0 Å². The first-order chi connectivity index (χ1) is 20.7. The fourth-order valence-electron chi connectivity index (χ4n) is 8.18. The van der Waals surface area contributed by atoms with Gasteiger partial charge in [-0.25, -0.2) is 0 Å². The van der Waals surface area contributed by atoms with Gasteiger partial charge in [-0.1, -0.05) is 80.7 Å². The monoisotopic (exact) mass is 608 g/mol. The summed E-state index contributed by atoms with van der Waals surface area (Å²) < 4.78 is 24.6. The molecule has 6 atom stereocenters. The van der Waals surface area contributed by atoms with Gasteiger partial charge in [0.05, 0.1) is 12.7 Å². The van der Waals surface area contributed by atoms with Gasteiger partial charge in [-0.15, -0.1) is 0 Å². The van der Waals surface area contributed by atoms with E-state index in [-0.39, 0.29) is 35.8 Å². The third-order valence-corrected chi connectivity index (χ3v) is 14.9. The maximum atomic E-state index is 13.9. The van der Waals surface area contributed by atoms with E-state index in [4.69, 9.17) is 18.9 Å². The molecule has 0 aromatic heterocycles. The van der Waals surface area contributed by atoms with Crippen LogP contribution in [-0.2, 0) is 23.7 Å². The Morgan fingerprint density at radius 1 is 1.02 bits per heavy atom. The average Bonchev–Trinajstić information content (AvgIpc) is 3.20. The SMILES string of the molecule is CC(C)[C@H]1C[C@H](OC2CCCCO2)C2=CC(=O)C(C/C=C(\CCOC3CCCCO3)[Si](C)(C)c3ccccc3)CC[C@@]21C. The van der Waals surface area contributed by atoms with Crippen LogP contribution in [-0.4, -0.2) is 52.4 Å². The lowest BCUT2D eigenvalue weighted by molar-refractivity contribution is -0.180. The van der Waals surface area contributed by atoms with E-state index in [1.165, 1.54) is 22.4 Å².